The molecule has 14 heteroatoms. The predicted molar refractivity (Wildman–Crippen MR) is 136 cm³/mol. The average Bonchev–Trinajstić information content (AvgIpc) is 3.39. The number of hydrogen-bond acceptors (Lipinski definition) is 9. The summed E-state index contributed by atoms with van der Waals surface area (Å²) in [7, 11) is 0. The topological polar surface area (TPSA) is 157 Å². The van der Waals surface area contributed by atoms with Gasteiger partial charge in [0.25, 0.3) is 11.1 Å². The number of hydrogen-bond donors (Lipinski definition) is 5. The number of aromatic nitrogens is 2. The van der Waals surface area contributed by atoms with Crippen LogP contribution in [0.3, 0.4) is 0 Å². The van der Waals surface area contributed by atoms with Gasteiger partial charge < -0.3 is 26.6 Å². The highest BCUT2D eigenvalue weighted by molar-refractivity contribution is 9.10. The number of nitrogens with zero attached hydrogens (tertiary/aromatic N) is 3. The Bertz CT molecular complexity index is 1130. The number of anilines is 4. The molecule has 0 bridgehead atoms. The number of carbonyl (C=O) groups excluding carboxylic acids is 4. The highest BCUT2D eigenvalue weighted by Crippen LogP contribution is 2.25. The molecule has 2 fully saturated rings. The number of rotatable bonds is 10. The fourth-order valence-electron chi connectivity index (χ4n) is 3.44. The molecule has 0 aliphatic carbocycles. The van der Waals surface area contributed by atoms with Crippen LogP contribution < -0.4 is 31.5 Å². The molecular formula is C21H23BrN8O4S. The summed E-state index contributed by atoms with van der Waals surface area (Å²) in [6.07, 6.45) is 2.55. The van der Waals surface area contributed by atoms with Gasteiger partial charge in [0.15, 0.2) is 0 Å². The number of imide groups is 1. The van der Waals surface area contributed by atoms with Gasteiger partial charge in [-0.05, 0) is 40.5 Å². The summed E-state index contributed by atoms with van der Waals surface area (Å²) in [4.78, 5) is 56.8. The molecule has 12 nitrogen and oxygen atoms in total. The molecule has 0 spiro atoms. The van der Waals surface area contributed by atoms with E-state index in [9.17, 15) is 19.2 Å². The highest BCUT2D eigenvalue weighted by atomic mass is 79.9. The van der Waals surface area contributed by atoms with E-state index in [-0.39, 0.29) is 36.1 Å². The maximum absolute atomic E-state index is 12.0. The first kappa shape index (κ1) is 24.7. The fraction of sp³-hybridized carbons (Fsp3) is 0.333. The van der Waals surface area contributed by atoms with Crippen molar-refractivity contribution in [3.63, 3.8) is 0 Å². The first-order valence-electron chi connectivity index (χ1n) is 10.8. The third-order valence-corrected chi connectivity index (χ3v) is 6.61. The van der Waals surface area contributed by atoms with Crippen molar-refractivity contribution < 1.29 is 19.2 Å². The Morgan fingerprint density at radius 1 is 1.26 bits per heavy atom. The second-order valence-corrected chi connectivity index (χ2v) is 9.57. The molecule has 5 N–H and O–H groups in total. The summed E-state index contributed by atoms with van der Waals surface area (Å²) >= 11 is 4.61. The predicted octanol–water partition coefficient (Wildman–Crippen LogP) is 2.17. The van der Waals surface area contributed by atoms with E-state index in [2.05, 4.69) is 52.5 Å². The smallest absolute Gasteiger partial charge is 0.329 e. The van der Waals surface area contributed by atoms with Crippen molar-refractivity contribution in [3.8, 4) is 0 Å². The fourth-order valence-corrected chi connectivity index (χ4v) is 4.58. The van der Waals surface area contributed by atoms with Gasteiger partial charge in [-0.25, -0.2) is 14.7 Å². The maximum Gasteiger partial charge on any atom is 0.329 e. The zero-order valence-electron chi connectivity index (χ0n) is 18.5. The lowest BCUT2D eigenvalue weighted by molar-refractivity contribution is -0.121. The van der Waals surface area contributed by atoms with Gasteiger partial charge >= 0.3 is 6.03 Å². The van der Waals surface area contributed by atoms with Crippen molar-refractivity contribution >= 4 is 73.9 Å². The summed E-state index contributed by atoms with van der Waals surface area (Å²) < 4.78 is 0.676. The average molecular weight is 563 g/mol. The van der Waals surface area contributed by atoms with Gasteiger partial charge in [0.1, 0.15) is 5.82 Å². The van der Waals surface area contributed by atoms with Crippen LogP contribution in [0.4, 0.5) is 32.7 Å². The van der Waals surface area contributed by atoms with Crippen molar-refractivity contribution in [2.75, 3.05) is 40.9 Å². The lowest BCUT2D eigenvalue weighted by atomic mass is 10.2. The van der Waals surface area contributed by atoms with Crippen LogP contribution in [0.25, 0.3) is 0 Å². The van der Waals surface area contributed by atoms with E-state index < -0.39 is 6.03 Å². The van der Waals surface area contributed by atoms with Gasteiger partial charge in [0, 0.05) is 43.2 Å². The largest absolute Gasteiger partial charge is 0.369 e. The van der Waals surface area contributed by atoms with Crippen LogP contribution in [0.15, 0.2) is 34.9 Å². The number of benzene rings is 1. The summed E-state index contributed by atoms with van der Waals surface area (Å²) in [5.74, 6) is 1.10. The third-order valence-electron chi connectivity index (χ3n) is 5.09. The van der Waals surface area contributed by atoms with Gasteiger partial charge in [-0.15, -0.1) is 0 Å². The minimum Gasteiger partial charge on any atom is -0.369 e. The van der Waals surface area contributed by atoms with Gasteiger partial charge in [0.05, 0.1) is 16.7 Å². The second-order valence-electron chi connectivity index (χ2n) is 7.73. The van der Waals surface area contributed by atoms with E-state index in [0.29, 0.717) is 52.9 Å². The zero-order chi connectivity index (χ0) is 24.8. The lowest BCUT2D eigenvalue weighted by Crippen LogP contribution is -2.34. The molecule has 2 aliphatic heterocycles. The second kappa shape index (κ2) is 11.4. The Labute approximate surface area is 213 Å². The minimum atomic E-state index is -0.459. The van der Waals surface area contributed by atoms with E-state index in [1.54, 1.807) is 30.5 Å². The molecule has 1 unspecified atom stereocenters. The van der Waals surface area contributed by atoms with Crippen LogP contribution in [-0.4, -0.2) is 64.5 Å². The number of amides is 5. The molecule has 184 valence electrons. The Balaban J connectivity index is 1.26. The monoisotopic (exact) mass is 562 g/mol. The summed E-state index contributed by atoms with van der Waals surface area (Å²) in [6.45, 7) is 1.03. The van der Waals surface area contributed by atoms with Crippen molar-refractivity contribution in [3.05, 3.63) is 34.9 Å². The van der Waals surface area contributed by atoms with Crippen molar-refractivity contribution in [1.82, 2.24) is 25.9 Å². The molecule has 35 heavy (non-hydrogen) atoms. The van der Waals surface area contributed by atoms with Crippen LogP contribution in [0.5, 0.6) is 0 Å². The molecule has 1 atom stereocenters. The standard InChI is InChI=1S/C21H23BrN8O4S/c22-15-9-25-19(27-12-3-1-4-14(7-12)30-17(32)10-26-20(30)33)29-18(15)24-6-2-5-23-16(31)8-13-11-35-21(34)28-13/h1,3-4,7,9,13H,2,5-6,8,10-11H2,(H,23,31)(H,26,33)(H,28,34)(H2,24,25,27,29). The van der Waals surface area contributed by atoms with Crippen LogP contribution in [0, 0.1) is 0 Å². The third kappa shape index (κ3) is 6.60. The number of thioether (sulfide) groups is 1. The zero-order valence-corrected chi connectivity index (χ0v) is 20.9. The Morgan fingerprint density at radius 2 is 2.11 bits per heavy atom. The van der Waals surface area contributed by atoms with Crippen molar-refractivity contribution in [1.29, 1.82) is 0 Å². The molecule has 4 rings (SSSR count). The SMILES string of the molecule is O=C(CC1CSC(=O)N1)NCCCNc1nc(Nc2cccc(N3C(=O)CNC3=O)c2)ncc1Br. The summed E-state index contributed by atoms with van der Waals surface area (Å²) in [5, 5.41) is 14.3. The molecule has 2 aromatic rings. The van der Waals surface area contributed by atoms with E-state index in [0.717, 1.165) is 4.90 Å². The van der Waals surface area contributed by atoms with E-state index in [1.165, 1.54) is 11.8 Å². The van der Waals surface area contributed by atoms with Gasteiger partial charge in [-0.2, -0.15) is 4.98 Å². The Morgan fingerprint density at radius 3 is 2.86 bits per heavy atom. The maximum atomic E-state index is 12.0. The van der Waals surface area contributed by atoms with Crippen molar-refractivity contribution in [2.24, 2.45) is 0 Å². The Kier molecular flexibility index (Phi) is 8.02. The molecule has 0 radical (unpaired) electrons. The van der Waals surface area contributed by atoms with Gasteiger partial charge in [-0.1, -0.05) is 17.8 Å². The molecule has 1 aromatic heterocycles. The quantitative estimate of drug-likeness (QED) is 0.216. The van der Waals surface area contributed by atoms with Crippen molar-refractivity contribution in [2.45, 2.75) is 18.9 Å². The number of halogens is 1. The van der Waals surface area contributed by atoms with E-state index in [1.807, 2.05) is 0 Å². The molecular weight excluding hydrogens is 540 g/mol. The Hall–Kier alpha value is -3.39. The number of urea groups is 1. The van der Waals surface area contributed by atoms with Crippen LogP contribution in [-0.2, 0) is 9.59 Å². The molecule has 2 saturated heterocycles. The van der Waals surface area contributed by atoms with Crippen LogP contribution in [0.2, 0.25) is 0 Å². The summed E-state index contributed by atoms with van der Waals surface area (Å²) in [6, 6.07) is 6.27. The lowest BCUT2D eigenvalue weighted by Gasteiger charge is -2.14. The molecule has 0 saturated carbocycles. The molecule has 5 amide bonds. The highest BCUT2D eigenvalue weighted by Gasteiger charge is 2.30. The van der Waals surface area contributed by atoms with Crippen LogP contribution in [0.1, 0.15) is 12.8 Å². The minimum absolute atomic E-state index is 0.0249. The molecule has 3 heterocycles. The van der Waals surface area contributed by atoms with E-state index in [4.69, 9.17) is 0 Å². The number of carbonyl (C=O) groups is 4. The normalized spacial score (nSPS) is 17.2. The van der Waals surface area contributed by atoms with Crippen LogP contribution >= 0.6 is 27.7 Å². The van der Waals surface area contributed by atoms with Gasteiger partial charge in [-0.3, -0.25) is 14.4 Å². The first-order chi connectivity index (χ1) is 16.9. The molecule has 2 aliphatic rings. The summed E-state index contributed by atoms with van der Waals surface area (Å²) in [5.41, 5.74) is 1.06. The molecule has 1 aromatic carbocycles. The number of nitrogens with one attached hydrogen (secondary N) is 5. The first-order valence-corrected chi connectivity index (χ1v) is 12.6. The van der Waals surface area contributed by atoms with E-state index >= 15 is 0 Å². The van der Waals surface area contributed by atoms with Gasteiger partial charge in [0.2, 0.25) is 11.9 Å².